The number of aromatic carboxylic acids is 1. The van der Waals surface area contributed by atoms with E-state index in [0.29, 0.717) is 35.5 Å². The fourth-order valence-electron chi connectivity index (χ4n) is 6.03. The number of carbonyl (C=O) groups is 2. The molecule has 2 aromatic heterocycles. The van der Waals surface area contributed by atoms with Gasteiger partial charge < -0.3 is 35.2 Å². The average molecular weight is 585 g/mol. The SMILES string of the molecule is C=CC(=O)Nc1cc(Nc2ncc(C(=O)O)c(N3CC4(CC4)c4nc(C)ccc43)n2)c(OC)cc1N1CC[C@@H](N(C)C)C1. The second kappa shape index (κ2) is 10.8. The number of aryl methyl sites for hydroxylation is 1. The van der Waals surface area contributed by atoms with Crippen molar-refractivity contribution in [2.24, 2.45) is 0 Å². The number of aromatic nitrogens is 3. The van der Waals surface area contributed by atoms with Gasteiger partial charge in [0.2, 0.25) is 11.9 Å². The van der Waals surface area contributed by atoms with E-state index in [9.17, 15) is 14.7 Å². The Balaban J connectivity index is 1.38. The zero-order valence-corrected chi connectivity index (χ0v) is 24.8. The number of nitrogens with zero attached hydrogens (tertiary/aromatic N) is 6. The number of carboxylic acid groups (broad SMARTS) is 1. The van der Waals surface area contributed by atoms with Crippen LogP contribution in [0.25, 0.3) is 0 Å². The highest BCUT2D eigenvalue weighted by molar-refractivity contribution is 6.02. The first kappa shape index (κ1) is 28.4. The maximum absolute atomic E-state index is 12.4. The second-order valence-electron chi connectivity index (χ2n) is 11.7. The molecule has 2 fully saturated rings. The van der Waals surface area contributed by atoms with Gasteiger partial charge in [-0.2, -0.15) is 4.98 Å². The Morgan fingerprint density at radius 3 is 2.63 bits per heavy atom. The Morgan fingerprint density at radius 2 is 1.98 bits per heavy atom. The van der Waals surface area contributed by atoms with Crippen LogP contribution in [0, 0.1) is 6.92 Å². The molecule has 1 aromatic carbocycles. The fourth-order valence-corrected chi connectivity index (χ4v) is 6.03. The number of methoxy groups -OCH3 is 1. The first-order valence-corrected chi connectivity index (χ1v) is 14.3. The third-order valence-electron chi connectivity index (χ3n) is 8.62. The van der Waals surface area contributed by atoms with Crippen LogP contribution >= 0.6 is 0 Å². The van der Waals surface area contributed by atoms with Crippen molar-refractivity contribution >= 4 is 46.4 Å². The monoisotopic (exact) mass is 584 g/mol. The normalized spacial score (nSPS) is 18.1. The van der Waals surface area contributed by atoms with Gasteiger partial charge in [-0.15, -0.1) is 0 Å². The highest BCUT2D eigenvalue weighted by Gasteiger charge is 2.54. The van der Waals surface area contributed by atoms with Gasteiger partial charge in [0, 0.05) is 49.0 Å². The number of carbonyl (C=O) groups excluding carboxylic acids is 1. The lowest BCUT2D eigenvalue weighted by Crippen LogP contribution is -2.31. The molecule has 1 spiro atoms. The van der Waals surface area contributed by atoms with Crippen molar-refractivity contribution in [2.45, 2.75) is 37.6 Å². The quantitative estimate of drug-likeness (QED) is 0.314. The fraction of sp³-hybridized carbons (Fsp3) is 0.387. The molecule has 2 aliphatic heterocycles. The van der Waals surface area contributed by atoms with Crippen molar-refractivity contribution in [1.82, 2.24) is 19.9 Å². The van der Waals surface area contributed by atoms with Crippen LogP contribution in [0.5, 0.6) is 5.75 Å². The Bertz CT molecular complexity index is 1620. The summed E-state index contributed by atoms with van der Waals surface area (Å²) in [5.41, 5.74) is 4.64. The molecule has 43 heavy (non-hydrogen) atoms. The topological polar surface area (TPSA) is 136 Å². The molecule has 1 amide bonds. The molecule has 0 bridgehead atoms. The summed E-state index contributed by atoms with van der Waals surface area (Å²) in [6.45, 7) is 7.79. The highest BCUT2D eigenvalue weighted by Crippen LogP contribution is 2.57. The van der Waals surface area contributed by atoms with Crippen LogP contribution in [0.2, 0.25) is 0 Å². The number of hydrogen-bond acceptors (Lipinski definition) is 10. The lowest BCUT2D eigenvalue weighted by atomic mass is 10.0. The lowest BCUT2D eigenvalue weighted by molar-refractivity contribution is -0.111. The maximum atomic E-state index is 12.4. The Hall–Kier alpha value is -4.71. The molecule has 1 aliphatic carbocycles. The number of nitrogens with one attached hydrogen (secondary N) is 2. The number of anilines is 6. The summed E-state index contributed by atoms with van der Waals surface area (Å²) in [7, 11) is 5.70. The van der Waals surface area contributed by atoms with Gasteiger partial charge in [0.15, 0.2) is 5.82 Å². The van der Waals surface area contributed by atoms with E-state index in [1.54, 1.807) is 13.2 Å². The molecule has 3 N–H and O–H groups in total. The number of rotatable bonds is 9. The number of benzene rings is 1. The molecular weight excluding hydrogens is 548 g/mol. The van der Waals surface area contributed by atoms with Crippen molar-refractivity contribution < 1.29 is 19.4 Å². The molecule has 4 heterocycles. The van der Waals surface area contributed by atoms with E-state index in [0.717, 1.165) is 55.1 Å². The van der Waals surface area contributed by atoms with Crippen LogP contribution in [0.4, 0.5) is 34.5 Å². The summed E-state index contributed by atoms with van der Waals surface area (Å²) in [6.07, 6.45) is 5.54. The van der Waals surface area contributed by atoms with Crippen molar-refractivity contribution in [3.8, 4) is 5.75 Å². The smallest absolute Gasteiger partial charge is 0.341 e. The second-order valence-corrected chi connectivity index (χ2v) is 11.7. The number of ether oxygens (including phenoxy) is 1. The van der Waals surface area contributed by atoms with Crippen LogP contribution in [-0.4, -0.2) is 83.7 Å². The number of likely N-dealkylation sites (N-methyl/N-ethyl adjacent to an activating group) is 1. The van der Waals surface area contributed by atoms with E-state index in [2.05, 4.69) is 46.1 Å². The molecule has 1 saturated heterocycles. The van der Waals surface area contributed by atoms with Crippen molar-refractivity contribution in [1.29, 1.82) is 0 Å². The first-order valence-electron chi connectivity index (χ1n) is 14.3. The third-order valence-corrected chi connectivity index (χ3v) is 8.62. The largest absolute Gasteiger partial charge is 0.494 e. The van der Waals surface area contributed by atoms with E-state index in [-0.39, 0.29) is 22.8 Å². The van der Waals surface area contributed by atoms with E-state index < -0.39 is 5.97 Å². The van der Waals surface area contributed by atoms with Crippen molar-refractivity contribution in [3.05, 3.63) is 60.1 Å². The highest BCUT2D eigenvalue weighted by atomic mass is 16.5. The van der Waals surface area contributed by atoms with Crippen LogP contribution in [0.3, 0.4) is 0 Å². The molecule has 0 radical (unpaired) electrons. The number of fused-ring (bicyclic) bond motifs is 2. The number of hydrogen-bond donors (Lipinski definition) is 3. The van der Waals surface area contributed by atoms with Gasteiger partial charge >= 0.3 is 5.97 Å². The summed E-state index contributed by atoms with van der Waals surface area (Å²) >= 11 is 0. The minimum atomic E-state index is -1.11. The Kier molecular flexibility index (Phi) is 7.17. The van der Waals surface area contributed by atoms with E-state index >= 15 is 0 Å². The molecule has 6 rings (SSSR count). The average Bonchev–Trinajstić information content (AvgIpc) is 3.47. The Labute approximate surface area is 250 Å². The molecule has 0 unspecified atom stereocenters. The van der Waals surface area contributed by atoms with Gasteiger partial charge in [-0.05, 0) is 64.6 Å². The molecule has 224 valence electrons. The molecular formula is C31H36N8O4. The summed E-state index contributed by atoms with van der Waals surface area (Å²) in [6, 6.07) is 7.97. The van der Waals surface area contributed by atoms with Crippen LogP contribution in [0.1, 0.15) is 41.0 Å². The van der Waals surface area contributed by atoms with Gasteiger partial charge in [0.05, 0.1) is 35.6 Å². The molecule has 3 aliphatic rings. The summed E-state index contributed by atoms with van der Waals surface area (Å²) < 4.78 is 5.76. The first-order chi connectivity index (χ1) is 20.6. The zero-order chi connectivity index (χ0) is 30.5. The Morgan fingerprint density at radius 1 is 1.19 bits per heavy atom. The van der Waals surface area contributed by atoms with Crippen molar-refractivity contribution in [3.63, 3.8) is 0 Å². The van der Waals surface area contributed by atoms with E-state index in [1.807, 2.05) is 30.0 Å². The summed E-state index contributed by atoms with van der Waals surface area (Å²) in [5.74, 6) is -0.438. The molecule has 1 saturated carbocycles. The molecule has 12 heteroatoms. The van der Waals surface area contributed by atoms with Gasteiger partial charge in [-0.3, -0.25) is 9.78 Å². The summed E-state index contributed by atoms with van der Waals surface area (Å²) in [5, 5.41) is 16.2. The van der Waals surface area contributed by atoms with Crippen molar-refractivity contribution in [2.75, 3.05) is 61.3 Å². The predicted molar refractivity (Wildman–Crippen MR) is 165 cm³/mol. The molecule has 3 aromatic rings. The van der Waals surface area contributed by atoms with Gasteiger partial charge in [0.25, 0.3) is 0 Å². The molecule has 12 nitrogen and oxygen atoms in total. The van der Waals surface area contributed by atoms with E-state index in [4.69, 9.17) is 14.7 Å². The third kappa shape index (κ3) is 5.22. The van der Waals surface area contributed by atoms with Gasteiger partial charge in [0.1, 0.15) is 11.3 Å². The van der Waals surface area contributed by atoms with Crippen LogP contribution in [0.15, 0.2) is 43.1 Å². The van der Waals surface area contributed by atoms with Gasteiger partial charge in [-0.25, -0.2) is 9.78 Å². The number of pyridine rings is 1. The van der Waals surface area contributed by atoms with Crippen LogP contribution in [-0.2, 0) is 10.2 Å². The standard InChI is InChI=1S/C31H36N8O4/c1-6-26(40)34-21-13-22(25(43-5)14-24(21)38-12-9-19(16-38)37(3)4)35-30-32-15-20(29(41)42)28(36-30)39-17-31(10-11-31)27-23(39)8-7-18(2)33-27/h6-8,13-15,19H,1,9-12,16-17H2,2-5H3,(H,34,40)(H,41,42)(H,32,35,36)/t19-/m1/s1. The van der Waals surface area contributed by atoms with E-state index in [1.165, 1.54) is 12.3 Å². The number of carboxylic acids is 1. The minimum absolute atomic E-state index is 0.000466. The predicted octanol–water partition coefficient (Wildman–Crippen LogP) is 4.08. The molecule has 1 atom stereocenters. The van der Waals surface area contributed by atoms with Crippen LogP contribution < -0.4 is 25.2 Å². The minimum Gasteiger partial charge on any atom is -0.494 e. The maximum Gasteiger partial charge on any atom is 0.341 e. The van der Waals surface area contributed by atoms with Gasteiger partial charge in [-0.1, -0.05) is 6.58 Å². The lowest BCUT2D eigenvalue weighted by Gasteiger charge is -2.26. The summed E-state index contributed by atoms with van der Waals surface area (Å²) in [4.78, 5) is 44.9. The zero-order valence-electron chi connectivity index (χ0n) is 24.8. The number of amides is 1.